The van der Waals surface area contributed by atoms with Gasteiger partial charge in [-0.05, 0) is 30.2 Å². The van der Waals surface area contributed by atoms with Crippen molar-refractivity contribution in [3.63, 3.8) is 0 Å². The SMILES string of the molecule is c1ccc(CCNc2ccnc(NCc3ccccn3)n2)cc1. The molecule has 23 heavy (non-hydrogen) atoms. The molecule has 0 aliphatic heterocycles. The molecule has 0 spiro atoms. The van der Waals surface area contributed by atoms with E-state index in [2.05, 4.69) is 49.9 Å². The molecule has 0 atom stereocenters. The standard InChI is InChI=1S/C18H19N5/c1-2-6-15(7-3-1)9-12-20-17-10-13-21-18(23-17)22-14-16-8-4-5-11-19-16/h1-8,10-11,13H,9,12,14H2,(H2,20,21,22,23). The molecule has 1 aromatic carbocycles. The lowest BCUT2D eigenvalue weighted by molar-refractivity contribution is 0.979. The van der Waals surface area contributed by atoms with Crippen LogP contribution in [0, 0.1) is 0 Å². The van der Waals surface area contributed by atoms with Gasteiger partial charge in [-0.1, -0.05) is 36.4 Å². The number of pyridine rings is 1. The van der Waals surface area contributed by atoms with Crippen LogP contribution in [0.15, 0.2) is 67.0 Å². The maximum Gasteiger partial charge on any atom is 0.224 e. The van der Waals surface area contributed by atoms with Crippen molar-refractivity contribution in [2.24, 2.45) is 0 Å². The zero-order chi connectivity index (χ0) is 15.7. The zero-order valence-corrected chi connectivity index (χ0v) is 12.8. The fourth-order valence-electron chi connectivity index (χ4n) is 2.19. The minimum Gasteiger partial charge on any atom is -0.370 e. The van der Waals surface area contributed by atoms with Crippen molar-refractivity contribution in [2.45, 2.75) is 13.0 Å². The van der Waals surface area contributed by atoms with Crippen LogP contribution in [0.4, 0.5) is 11.8 Å². The van der Waals surface area contributed by atoms with Crippen LogP contribution in [0.1, 0.15) is 11.3 Å². The van der Waals surface area contributed by atoms with E-state index < -0.39 is 0 Å². The highest BCUT2D eigenvalue weighted by molar-refractivity contribution is 5.39. The maximum atomic E-state index is 4.46. The molecule has 116 valence electrons. The average molecular weight is 305 g/mol. The van der Waals surface area contributed by atoms with Gasteiger partial charge in [0.2, 0.25) is 5.95 Å². The Hall–Kier alpha value is -2.95. The minimum absolute atomic E-state index is 0.598. The Labute approximate surface area is 135 Å². The molecule has 2 aromatic heterocycles. The lowest BCUT2D eigenvalue weighted by Crippen LogP contribution is -2.09. The van der Waals surface area contributed by atoms with Crippen LogP contribution in [-0.2, 0) is 13.0 Å². The highest BCUT2D eigenvalue weighted by Gasteiger charge is 2.00. The third-order valence-electron chi connectivity index (χ3n) is 3.37. The number of hydrogen-bond acceptors (Lipinski definition) is 5. The van der Waals surface area contributed by atoms with Gasteiger partial charge in [-0.15, -0.1) is 0 Å². The first kappa shape index (κ1) is 15.0. The highest BCUT2D eigenvalue weighted by atomic mass is 15.1. The van der Waals surface area contributed by atoms with Gasteiger partial charge in [0, 0.05) is 18.9 Å². The van der Waals surface area contributed by atoms with E-state index in [4.69, 9.17) is 0 Å². The van der Waals surface area contributed by atoms with Gasteiger partial charge in [-0.2, -0.15) is 4.98 Å². The van der Waals surface area contributed by atoms with Gasteiger partial charge < -0.3 is 10.6 Å². The zero-order valence-electron chi connectivity index (χ0n) is 12.8. The molecule has 0 bridgehead atoms. The largest absolute Gasteiger partial charge is 0.370 e. The molecule has 3 aromatic rings. The summed E-state index contributed by atoms with van der Waals surface area (Å²) in [5.41, 5.74) is 2.26. The van der Waals surface area contributed by atoms with Crippen molar-refractivity contribution in [1.29, 1.82) is 0 Å². The van der Waals surface area contributed by atoms with Crippen molar-refractivity contribution < 1.29 is 0 Å². The van der Waals surface area contributed by atoms with Crippen LogP contribution in [-0.4, -0.2) is 21.5 Å². The van der Waals surface area contributed by atoms with E-state index in [1.807, 2.05) is 30.3 Å². The summed E-state index contributed by atoms with van der Waals surface area (Å²) in [4.78, 5) is 13.0. The minimum atomic E-state index is 0.598. The molecule has 0 amide bonds. The summed E-state index contributed by atoms with van der Waals surface area (Å²) < 4.78 is 0. The molecule has 2 N–H and O–H groups in total. The smallest absolute Gasteiger partial charge is 0.224 e. The van der Waals surface area contributed by atoms with Crippen molar-refractivity contribution in [3.8, 4) is 0 Å². The summed E-state index contributed by atoms with van der Waals surface area (Å²) >= 11 is 0. The van der Waals surface area contributed by atoms with E-state index in [0.717, 1.165) is 24.5 Å². The molecular formula is C18H19N5. The van der Waals surface area contributed by atoms with E-state index in [9.17, 15) is 0 Å². The molecule has 0 saturated carbocycles. The Morgan fingerprint density at radius 1 is 0.783 bits per heavy atom. The van der Waals surface area contributed by atoms with Gasteiger partial charge in [0.1, 0.15) is 5.82 Å². The molecule has 3 rings (SSSR count). The summed E-state index contributed by atoms with van der Waals surface area (Å²) in [7, 11) is 0. The van der Waals surface area contributed by atoms with Gasteiger partial charge in [0.25, 0.3) is 0 Å². The summed E-state index contributed by atoms with van der Waals surface area (Å²) in [5.74, 6) is 1.42. The lowest BCUT2D eigenvalue weighted by atomic mass is 10.1. The second-order valence-electron chi connectivity index (χ2n) is 5.10. The number of hydrogen-bond donors (Lipinski definition) is 2. The molecule has 5 nitrogen and oxygen atoms in total. The summed E-state index contributed by atoms with van der Waals surface area (Å²) in [6.45, 7) is 1.44. The normalized spacial score (nSPS) is 10.3. The number of rotatable bonds is 7. The van der Waals surface area contributed by atoms with E-state index in [-0.39, 0.29) is 0 Å². The fraction of sp³-hybridized carbons (Fsp3) is 0.167. The summed E-state index contributed by atoms with van der Waals surface area (Å²) in [6.07, 6.45) is 4.49. The van der Waals surface area contributed by atoms with E-state index >= 15 is 0 Å². The molecular weight excluding hydrogens is 286 g/mol. The van der Waals surface area contributed by atoms with Crippen LogP contribution in [0.25, 0.3) is 0 Å². The molecule has 0 fully saturated rings. The van der Waals surface area contributed by atoms with Crippen molar-refractivity contribution in [1.82, 2.24) is 15.0 Å². The molecule has 0 aliphatic carbocycles. The van der Waals surface area contributed by atoms with Crippen LogP contribution < -0.4 is 10.6 Å². The Morgan fingerprint density at radius 3 is 2.48 bits per heavy atom. The number of anilines is 2. The van der Waals surface area contributed by atoms with Crippen molar-refractivity contribution in [2.75, 3.05) is 17.2 Å². The van der Waals surface area contributed by atoms with Gasteiger partial charge in [-0.3, -0.25) is 4.98 Å². The molecule has 0 saturated heterocycles. The molecule has 2 heterocycles. The second-order valence-corrected chi connectivity index (χ2v) is 5.10. The Balaban J connectivity index is 1.51. The maximum absolute atomic E-state index is 4.46. The molecule has 0 radical (unpaired) electrons. The first-order chi connectivity index (χ1) is 11.4. The van der Waals surface area contributed by atoms with Crippen LogP contribution in [0.2, 0.25) is 0 Å². The topological polar surface area (TPSA) is 62.7 Å². The summed E-state index contributed by atoms with van der Waals surface area (Å²) in [6, 6.07) is 18.1. The Morgan fingerprint density at radius 2 is 1.65 bits per heavy atom. The Bertz CT molecular complexity index is 716. The van der Waals surface area contributed by atoms with Crippen molar-refractivity contribution in [3.05, 3.63) is 78.2 Å². The highest BCUT2D eigenvalue weighted by Crippen LogP contribution is 2.07. The molecule has 5 heteroatoms. The fourth-order valence-corrected chi connectivity index (χ4v) is 2.19. The third kappa shape index (κ3) is 4.78. The first-order valence-electron chi connectivity index (χ1n) is 7.65. The second kappa shape index (κ2) is 7.89. The first-order valence-corrected chi connectivity index (χ1v) is 7.65. The number of benzene rings is 1. The monoisotopic (exact) mass is 305 g/mol. The molecule has 0 unspecified atom stereocenters. The van der Waals surface area contributed by atoms with Crippen LogP contribution in [0.3, 0.4) is 0 Å². The predicted molar refractivity (Wildman–Crippen MR) is 92.2 cm³/mol. The van der Waals surface area contributed by atoms with Gasteiger partial charge >= 0.3 is 0 Å². The summed E-state index contributed by atoms with van der Waals surface area (Å²) in [5, 5.41) is 6.51. The van der Waals surface area contributed by atoms with Crippen LogP contribution >= 0.6 is 0 Å². The Kier molecular flexibility index (Phi) is 5.13. The van der Waals surface area contributed by atoms with E-state index in [1.165, 1.54) is 5.56 Å². The van der Waals surface area contributed by atoms with E-state index in [0.29, 0.717) is 12.5 Å². The van der Waals surface area contributed by atoms with Crippen molar-refractivity contribution >= 4 is 11.8 Å². The van der Waals surface area contributed by atoms with Gasteiger partial charge in [-0.25, -0.2) is 4.98 Å². The van der Waals surface area contributed by atoms with Crippen LogP contribution in [0.5, 0.6) is 0 Å². The van der Waals surface area contributed by atoms with E-state index in [1.54, 1.807) is 12.4 Å². The third-order valence-corrected chi connectivity index (χ3v) is 3.37. The molecule has 0 aliphatic rings. The van der Waals surface area contributed by atoms with Gasteiger partial charge in [0.05, 0.1) is 12.2 Å². The predicted octanol–water partition coefficient (Wildman–Crippen LogP) is 3.14. The lowest BCUT2D eigenvalue weighted by Gasteiger charge is -2.08. The quantitative estimate of drug-likeness (QED) is 0.702. The average Bonchev–Trinajstić information content (AvgIpc) is 2.62. The number of nitrogens with one attached hydrogen (secondary N) is 2. The number of nitrogens with zero attached hydrogens (tertiary/aromatic N) is 3. The number of aromatic nitrogens is 3. The van der Waals surface area contributed by atoms with Gasteiger partial charge in [0.15, 0.2) is 0 Å².